The van der Waals surface area contributed by atoms with Gasteiger partial charge in [0.1, 0.15) is 11.6 Å². The summed E-state index contributed by atoms with van der Waals surface area (Å²) in [6.07, 6.45) is -0.311. The number of rotatable bonds is 5. The predicted molar refractivity (Wildman–Crippen MR) is 73.2 cm³/mol. The lowest BCUT2D eigenvalue weighted by molar-refractivity contribution is -0.145. The van der Waals surface area contributed by atoms with E-state index in [2.05, 4.69) is 0 Å². The van der Waals surface area contributed by atoms with Crippen molar-refractivity contribution < 1.29 is 19.0 Å². The molecule has 1 N–H and O–H groups in total. The van der Waals surface area contributed by atoms with Crippen molar-refractivity contribution in [3.63, 3.8) is 0 Å². The van der Waals surface area contributed by atoms with Crippen molar-refractivity contribution in [2.75, 3.05) is 0 Å². The summed E-state index contributed by atoms with van der Waals surface area (Å²) in [5.74, 6) is -1.04. The number of ether oxygens (including phenoxy) is 1. The molecule has 3 nitrogen and oxygen atoms in total. The van der Waals surface area contributed by atoms with Gasteiger partial charge in [-0.25, -0.2) is 9.18 Å². The van der Waals surface area contributed by atoms with Crippen molar-refractivity contribution in [3.05, 3.63) is 65.5 Å². The van der Waals surface area contributed by atoms with E-state index in [0.717, 1.165) is 12.0 Å². The molecule has 0 spiro atoms. The molecule has 0 heterocycles. The van der Waals surface area contributed by atoms with Gasteiger partial charge < -0.3 is 9.84 Å². The minimum absolute atomic E-state index is 0.404. The van der Waals surface area contributed by atoms with Gasteiger partial charge in [0.15, 0.2) is 0 Å². The highest BCUT2D eigenvalue weighted by Crippen LogP contribution is 2.23. The van der Waals surface area contributed by atoms with Crippen molar-refractivity contribution >= 4 is 5.97 Å². The number of hydrogen-bond acceptors (Lipinski definition) is 2. The van der Waals surface area contributed by atoms with E-state index < -0.39 is 17.9 Å². The average Bonchev–Trinajstić information content (AvgIpc) is 2.46. The molecule has 104 valence electrons. The number of carbonyl (C=O) groups is 1. The molecule has 0 amide bonds. The first-order valence-electron chi connectivity index (χ1n) is 6.34. The fourth-order valence-electron chi connectivity index (χ4n) is 1.87. The Morgan fingerprint density at radius 1 is 1.25 bits per heavy atom. The Hall–Kier alpha value is -2.36. The number of benzene rings is 2. The Morgan fingerprint density at radius 2 is 1.95 bits per heavy atom. The second-order valence-electron chi connectivity index (χ2n) is 4.39. The normalized spacial score (nSPS) is 11.9. The summed E-state index contributed by atoms with van der Waals surface area (Å²) >= 11 is 0. The summed E-state index contributed by atoms with van der Waals surface area (Å²) in [5, 5.41) is 9.27. The molecule has 0 aliphatic rings. The van der Waals surface area contributed by atoms with Crippen molar-refractivity contribution in [1.29, 1.82) is 0 Å². The van der Waals surface area contributed by atoms with Crippen LogP contribution in [0.15, 0.2) is 48.5 Å². The number of aryl methyl sites for hydroxylation is 1. The smallest absolute Gasteiger partial charge is 0.349 e. The van der Waals surface area contributed by atoms with E-state index in [-0.39, 0.29) is 0 Å². The van der Waals surface area contributed by atoms with Gasteiger partial charge in [-0.2, -0.15) is 0 Å². The van der Waals surface area contributed by atoms with Crippen LogP contribution in [0.4, 0.5) is 4.39 Å². The van der Waals surface area contributed by atoms with E-state index in [1.807, 2.05) is 19.1 Å². The highest BCUT2D eigenvalue weighted by Gasteiger charge is 2.22. The fraction of sp³-hybridized carbons (Fsp3) is 0.188. The lowest BCUT2D eigenvalue weighted by atomic mass is 10.1. The van der Waals surface area contributed by atoms with Crippen LogP contribution in [0.3, 0.4) is 0 Å². The zero-order valence-electron chi connectivity index (χ0n) is 11.0. The third-order valence-corrected chi connectivity index (χ3v) is 2.96. The Labute approximate surface area is 116 Å². The van der Waals surface area contributed by atoms with Crippen LogP contribution in [-0.2, 0) is 11.2 Å². The molecular formula is C16H15FO3. The van der Waals surface area contributed by atoms with Gasteiger partial charge in [0.25, 0.3) is 0 Å². The molecular weight excluding hydrogens is 259 g/mol. The quantitative estimate of drug-likeness (QED) is 0.906. The van der Waals surface area contributed by atoms with Crippen LogP contribution in [0.2, 0.25) is 0 Å². The van der Waals surface area contributed by atoms with E-state index in [1.165, 1.54) is 24.3 Å². The van der Waals surface area contributed by atoms with Gasteiger partial charge in [-0.15, -0.1) is 0 Å². The van der Waals surface area contributed by atoms with Crippen LogP contribution in [0.1, 0.15) is 24.2 Å². The summed E-state index contributed by atoms with van der Waals surface area (Å²) in [7, 11) is 0. The van der Waals surface area contributed by atoms with Gasteiger partial charge in [-0.3, -0.25) is 0 Å². The van der Waals surface area contributed by atoms with Gasteiger partial charge in [0, 0.05) is 5.56 Å². The zero-order chi connectivity index (χ0) is 14.5. The van der Waals surface area contributed by atoms with Gasteiger partial charge in [0.2, 0.25) is 6.10 Å². The van der Waals surface area contributed by atoms with E-state index in [0.29, 0.717) is 11.3 Å². The molecule has 0 fully saturated rings. The highest BCUT2D eigenvalue weighted by molar-refractivity contribution is 5.74. The first-order chi connectivity index (χ1) is 9.60. The lowest BCUT2D eigenvalue weighted by Crippen LogP contribution is -2.18. The molecule has 2 aromatic carbocycles. The number of halogens is 1. The largest absolute Gasteiger partial charge is 0.478 e. The third kappa shape index (κ3) is 3.35. The molecule has 0 aromatic heterocycles. The fourth-order valence-corrected chi connectivity index (χ4v) is 1.87. The van der Waals surface area contributed by atoms with E-state index in [4.69, 9.17) is 4.74 Å². The predicted octanol–water partition coefficient (Wildman–Crippen LogP) is 3.59. The molecule has 4 heteroatoms. The molecule has 0 aliphatic carbocycles. The third-order valence-electron chi connectivity index (χ3n) is 2.96. The summed E-state index contributed by atoms with van der Waals surface area (Å²) in [5.41, 5.74) is 1.46. The molecule has 20 heavy (non-hydrogen) atoms. The van der Waals surface area contributed by atoms with Crippen molar-refractivity contribution in [3.8, 4) is 5.75 Å². The number of aliphatic carboxylic acids is 1. The molecule has 1 atom stereocenters. The Kier molecular flexibility index (Phi) is 4.35. The Bertz CT molecular complexity index is 593. The molecule has 2 aromatic rings. The maximum atomic E-state index is 12.9. The van der Waals surface area contributed by atoms with Crippen LogP contribution in [0, 0.1) is 5.82 Å². The summed E-state index contributed by atoms with van der Waals surface area (Å²) in [4.78, 5) is 11.3. The van der Waals surface area contributed by atoms with E-state index in [9.17, 15) is 14.3 Å². The summed E-state index contributed by atoms with van der Waals surface area (Å²) in [6.45, 7) is 2.01. The number of hydrogen-bond donors (Lipinski definition) is 1. The van der Waals surface area contributed by atoms with Crippen LogP contribution < -0.4 is 4.74 Å². The topological polar surface area (TPSA) is 46.5 Å². The standard InChI is InChI=1S/C16H15FO3/c1-2-11-4-3-5-14(10-11)20-15(16(18)19)12-6-8-13(17)9-7-12/h3-10,15H,2H2,1H3,(H,18,19). The molecule has 0 saturated heterocycles. The maximum Gasteiger partial charge on any atom is 0.349 e. The van der Waals surface area contributed by atoms with Gasteiger partial charge in [0.05, 0.1) is 0 Å². The summed E-state index contributed by atoms with van der Waals surface area (Å²) in [6, 6.07) is 12.5. The maximum absolute atomic E-state index is 12.9. The first-order valence-corrected chi connectivity index (χ1v) is 6.34. The second-order valence-corrected chi connectivity index (χ2v) is 4.39. The Balaban J connectivity index is 2.25. The van der Waals surface area contributed by atoms with E-state index >= 15 is 0 Å². The molecule has 0 radical (unpaired) electrons. The summed E-state index contributed by atoms with van der Waals surface area (Å²) < 4.78 is 18.4. The van der Waals surface area contributed by atoms with Crippen molar-refractivity contribution in [2.24, 2.45) is 0 Å². The molecule has 0 aliphatic heterocycles. The molecule has 2 rings (SSSR count). The van der Waals surface area contributed by atoms with Crippen molar-refractivity contribution in [2.45, 2.75) is 19.4 Å². The van der Waals surface area contributed by atoms with Crippen LogP contribution in [-0.4, -0.2) is 11.1 Å². The lowest BCUT2D eigenvalue weighted by Gasteiger charge is -2.16. The molecule has 1 unspecified atom stereocenters. The monoisotopic (exact) mass is 274 g/mol. The van der Waals surface area contributed by atoms with Crippen LogP contribution in [0.25, 0.3) is 0 Å². The minimum atomic E-state index is -1.15. The SMILES string of the molecule is CCc1cccc(OC(C(=O)O)c2ccc(F)cc2)c1. The van der Waals surface area contributed by atoms with E-state index in [1.54, 1.807) is 12.1 Å². The minimum Gasteiger partial charge on any atom is -0.478 e. The molecule has 0 bridgehead atoms. The Morgan fingerprint density at radius 3 is 2.55 bits per heavy atom. The molecule has 0 saturated carbocycles. The van der Waals surface area contributed by atoms with Crippen molar-refractivity contribution in [1.82, 2.24) is 0 Å². The van der Waals surface area contributed by atoms with Gasteiger partial charge >= 0.3 is 5.97 Å². The van der Waals surface area contributed by atoms with Gasteiger partial charge in [-0.1, -0.05) is 31.2 Å². The van der Waals surface area contributed by atoms with Gasteiger partial charge in [-0.05, 0) is 36.2 Å². The highest BCUT2D eigenvalue weighted by atomic mass is 19.1. The average molecular weight is 274 g/mol. The van der Waals surface area contributed by atoms with Crippen LogP contribution >= 0.6 is 0 Å². The zero-order valence-corrected chi connectivity index (χ0v) is 11.0. The first kappa shape index (κ1) is 14.1. The second kappa shape index (κ2) is 6.19. The number of carboxylic acid groups (broad SMARTS) is 1. The van der Waals surface area contributed by atoms with Crippen LogP contribution in [0.5, 0.6) is 5.75 Å². The number of carboxylic acids is 1.